The number of piperazine rings is 2. The van der Waals surface area contributed by atoms with Crippen LogP contribution in [0.15, 0.2) is 42.5 Å². The number of anilines is 2. The van der Waals surface area contributed by atoms with Crippen LogP contribution in [0.3, 0.4) is 0 Å². The quantitative estimate of drug-likeness (QED) is 0.672. The van der Waals surface area contributed by atoms with Gasteiger partial charge in [0.2, 0.25) is 11.8 Å². The van der Waals surface area contributed by atoms with E-state index in [1.165, 1.54) is 11.3 Å². The van der Waals surface area contributed by atoms with Crippen LogP contribution in [0.1, 0.15) is 12.5 Å². The van der Waals surface area contributed by atoms with E-state index in [0.717, 1.165) is 36.8 Å². The summed E-state index contributed by atoms with van der Waals surface area (Å²) in [5, 5.41) is 0. The molecule has 0 N–H and O–H groups in total. The van der Waals surface area contributed by atoms with Gasteiger partial charge in [-0.2, -0.15) is 0 Å². The molecule has 2 amide bonds. The lowest BCUT2D eigenvalue weighted by molar-refractivity contribution is -0.142. The van der Waals surface area contributed by atoms with Crippen molar-refractivity contribution in [2.45, 2.75) is 19.4 Å². The van der Waals surface area contributed by atoms with Crippen molar-refractivity contribution in [2.24, 2.45) is 5.92 Å². The summed E-state index contributed by atoms with van der Waals surface area (Å²) in [6, 6.07) is 14.4. The topological polar surface area (TPSA) is 65.6 Å². The smallest absolute Gasteiger partial charge is 0.228 e. The maximum Gasteiger partial charge on any atom is 0.228 e. The van der Waals surface area contributed by atoms with E-state index in [9.17, 15) is 9.59 Å². The Balaban J connectivity index is 1.42. The molecule has 2 aromatic rings. The number of methoxy groups -OCH3 is 2. The molecule has 0 aromatic heterocycles. The van der Waals surface area contributed by atoms with Gasteiger partial charge in [0, 0.05) is 70.2 Å². The van der Waals surface area contributed by atoms with Gasteiger partial charge in [0.15, 0.2) is 0 Å². The third kappa shape index (κ3) is 4.49. The molecule has 8 nitrogen and oxygen atoms in total. The molecule has 2 aromatic carbocycles. The van der Waals surface area contributed by atoms with Crippen LogP contribution >= 0.6 is 0 Å². The van der Waals surface area contributed by atoms with E-state index in [1.54, 1.807) is 21.1 Å². The minimum absolute atomic E-state index is 0.0591. The number of amides is 2. The van der Waals surface area contributed by atoms with Crippen LogP contribution in [-0.4, -0.2) is 87.7 Å². The first-order valence-electron chi connectivity index (χ1n) is 12.4. The van der Waals surface area contributed by atoms with Gasteiger partial charge in [0.1, 0.15) is 11.5 Å². The molecule has 186 valence electrons. The summed E-state index contributed by atoms with van der Waals surface area (Å²) >= 11 is 0. The fraction of sp³-hybridized carbons (Fsp3) is 0.481. The first-order chi connectivity index (χ1) is 17.0. The van der Waals surface area contributed by atoms with Crippen molar-refractivity contribution in [3.63, 3.8) is 0 Å². The molecule has 3 heterocycles. The summed E-state index contributed by atoms with van der Waals surface area (Å²) in [6.07, 6.45) is 0.711. The highest BCUT2D eigenvalue weighted by atomic mass is 16.5. The fourth-order valence-electron chi connectivity index (χ4n) is 5.69. The van der Waals surface area contributed by atoms with Gasteiger partial charge in [-0.15, -0.1) is 0 Å². The predicted octanol–water partition coefficient (Wildman–Crippen LogP) is 2.26. The van der Waals surface area contributed by atoms with Crippen LogP contribution < -0.4 is 19.3 Å². The standard InChI is InChI=1S/C27H34N4O4/c1-19(32)28-10-12-29(13-11-28)27(33)24-16-20-4-7-23(35-3)17-25(20)31-15-14-30(18-26(24)31)21-5-8-22(34-2)9-6-21/h4-9,17,24,26H,10-16,18H2,1-3H3/t24-,26-/m1/s1. The van der Waals surface area contributed by atoms with Crippen LogP contribution in [0, 0.1) is 5.92 Å². The molecule has 2 fully saturated rings. The van der Waals surface area contributed by atoms with Crippen molar-refractivity contribution in [3.05, 3.63) is 48.0 Å². The Morgan fingerprint density at radius 1 is 0.829 bits per heavy atom. The van der Waals surface area contributed by atoms with E-state index >= 15 is 0 Å². The summed E-state index contributed by atoms with van der Waals surface area (Å²) in [5.41, 5.74) is 3.51. The number of fused-ring (bicyclic) bond motifs is 3. The molecule has 2 saturated heterocycles. The summed E-state index contributed by atoms with van der Waals surface area (Å²) in [6.45, 7) is 6.47. The van der Waals surface area contributed by atoms with Crippen molar-refractivity contribution < 1.29 is 19.1 Å². The second-order valence-corrected chi connectivity index (χ2v) is 9.54. The molecular weight excluding hydrogens is 444 g/mol. The minimum atomic E-state index is -0.138. The summed E-state index contributed by atoms with van der Waals surface area (Å²) < 4.78 is 10.8. The molecule has 0 saturated carbocycles. The lowest BCUT2D eigenvalue weighted by Gasteiger charge is -2.50. The molecule has 2 atom stereocenters. The van der Waals surface area contributed by atoms with Crippen molar-refractivity contribution in [3.8, 4) is 11.5 Å². The first kappa shape index (κ1) is 23.3. The molecule has 3 aliphatic heterocycles. The number of hydrogen-bond donors (Lipinski definition) is 0. The Morgan fingerprint density at radius 2 is 1.49 bits per heavy atom. The van der Waals surface area contributed by atoms with E-state index in [0.29, 0.717) is 32.6 Å². The van der Waals surface area contributed by atoms with Gasteiger partial charge in [-0.1, -0.05) is 6.07 Å². The van der Waals surface area contributed by atoms with Gasteiger partial charge < -0.3 is 29.1 Å². The normalized spacial score (nSPS) is 21.8. The molecule has 5 rings (SSSR count). The SMILES string of the molecule is COc1ccc(N2CCN3c4cc(OC)ccc4C[C@@H](C(=O)N4CCN(C(C)=O)CC4)[C@H]3C2)cc1. The number of carbonyl (C=O) groups is 2. The van der Waals surface area contributed by atoms with Crippen LogP contribution in [-0.2, 0) is 16.0 Å². The molecule has 0 bridgehead atoms. The van der Waals surface area contributed by atoms with Crippen LogP contribution in [0.4, 0.5) is 11.4 Å². The van der Waals surface area contributed by atoms with Crippen molar-refractivity contribution in [1.29, 1.82) is 0 Å². The average Bonchev–Trinajstić information content (AvgIpc) is 2.91. The molecule has 35 heavy (non-hydrogen) atoms. The van der Waals surface area contributed by atoms with E-state index < -0.39 is 0 Å². The number of carbonyl (C=O) groups excluding carboxylic acids is 2. The van der Waals surface area contributed by atoms with Gasteiger partial charge >= 0.3 is 0 Å². The van der Waals surface area contributed by atoms with Gasteiger partial charge in [0.25, 0.3) is 0 Å². The second-order valence-electron chi connectivity index (χ2n) is 9.54. The molecule has 3 aliphatic rings. The fourth-order valence-corrected chi connectivity index (χ4v) is 5.69. The highest BCUT2D eigenvalue weighted by molar-refractivity contribution is 5.83. The number of hydrogen-bond acceptors (Lipinski definition) is 6. The van der Waals surface area contributed by atoms with E-state index in [-0.39, 0.29) is 23.8 Å². The van der Waals surface area contributed by atoms with Gasteiger partial charge in [-0.25, -0.2) is 0 Å². The summed E-state index contributed by atoms with van der Waals surface area (Å²) in [7, 11) is 3.37. The highest BCUT2D eigenvalue weighted by Gasteiger charge is 2.43. The molecule has 0 aliphatic carbocycles. The summed E-state index contributed by atoms with van der Waals surface area (Å²) in [4.78, 5) is 34.2. The Bertz CT molecular complexity index is 1080. The van der Waals surface area contributed by atoms with Crippen molar-refractivity contribution in [2.75, 3.05) is 69.8 Å². The highest BCUT2D eigenvalue weighted by Crippen LogP contribution is 2.39. The zero-order chi connectivity index (χ0) is 24.5. The van der Waals surface area contributed by atoms with Gasteiger partial charge in [0.05, 0.1) is 26.2 Å². The van der Waals surface area contributed by atoms with E-state index in [2.05, 4.69) is 34.1 Å². The Kier molecular flexibility index (Phi) is 6.45. The second kappa shape index (κ2) is 9.68. The van der Waals surface area contributed by atoms with Crippen LogP contribution in [0.2, 0.25) is 0 Å². The Morgan fingerprint density at radius 3 is 2.14 bits per heavy atom. The first-order valence-corrected chi connectivity index (χ1v) is 12.4. The summed E-state index contributed by atoms with van der Waals surface area (Å²) in [5.74, 6) is 1.81. The van der Waals surface area contributed by atoms with E-state index in [1.807, 2.05) is 28.0 Å². The molecule has 8 heteroatoms. The third-order valence-corrected chi connectivity index (χ3v) is 7.72. The zero-order valence-electron chi connectivity index (χ0n) is 20.8. The number of rotatable bonds is 4. The maximum absolute atomic E-state index is 13.9. The molecule has 0 spiro atoms. The van der Waals surface area contributed by atoms with Crippen molar-refractivity contribution in [1.82, 2.24) is 9.80 Å². The van der Waals surface area contributed by atoms with Crippen molar-refractivity contribution >= 4 is 23.2 Å². The molecule has 0 radical (unpaired) electrons. The van der Waals surface area contributed by atoms with Crippen LogP contribution in [0.25, 0.3) is 0 Å². The number of benzene rings is 2. The largest absolute Gasteiger partial charge is 0.497 e. The zero-order valence-corrected chi connectivity index (χ0v) is 20.8. The minimum Gasteiger partial charge on any atom is -0.497 e. The molecule has 0 unspecified atom stereocenters. The Labute approximate surface area is 207 Å². The number of nitrogens with zero attached hydrogens (tertiary/aromatic N) is 4. The van der Waals surface area contributed by atoms with E-state index in [4.69, 9.17) is 9.47 Å². The maximum atomic E-state index is 13.9. The lowest BCUT2D eigenvalue weighted by Crippen LogP contribution is -2.62. The van der Waals surface area contributed by atoms with Gasteiger partial charge in [-0.05, 0) is 42.3 Å². The Hall–Kier alpha value is -3.42. The lowest BCUT2D eigenvalue weighted by atomic mass is 9.82. The van der Waals surface area contributed by atoms with Crippen LogP contribution in [0.5, 0.6) is 11.5 Å². The van der Waals surface area contributed by atoms with Gasteiger partial charge in [-0.3, -0.25) is 9.59 Å². The average molecular weight is 479 g/mol. The predicted molar refractivity (Wildman–Crippen MR) is 135 cm³/mol. The third-order valence-electron chi connectivity index (χ3n) is 7.72. The monoisotopic (exact) mass is 478 g/mol. The molecular formula is C27H34N4O4. The number of ether oxygens (including phenoxy) is 2.